The molecule has 0 saturated heterocycles. The summed E-state index contributed by atoms with van der Waals surface area (Å²) in [4.78, 5) is 20.8. The number of hydrogen-bond acceptors (Lipinski definition) is 4. The van der Waals surface area contributed by atoms with Crippen LogP contribution in [0, 0.1) is 0 Å². The van der Waals surface area contributed by atoms with Gasteiger partial charge in [0.05, 0.1) is 5.97 Å². The van der Waals surface area contributed by atoms with E-state index in [-0.39, 0.29) is 36.0 Å². The Labute approximate surface area is 93.8 Å². The van der Waals surface area contributed by atoms with Gasteiger partial charge in [0.1, 0.15) is 6.04 Å². The quantitative estimate of drug-likeness (QED) is 0.344. The van der Waals surface area contributed by atoms with Crippen molar-refractivity contribution >= 4 is 11.8 Å². The van der Waals surface area contributed by atoms with Gasteiger partial charge in [0.15, 0.2) is 5.78 Å². The normalized spacial score (nSPS) is 11.5. The van der Waals surface area contributed by atoms with Crippen LogP contribution in [0.15, 0.2) is 0 Å². The Morgan fingerprint density at radius 2 is 2.00 bits per heavy atom. The first-order valence-corrected chi connectivity index (χ1v) is 3.58. The fourth-order valence-corrected chi connectivity index (χ4v) is 0.638. The van der Waals surface area contributed by atoms with Crippen molar-refractivity contribution in [1.82, 2.24) is 0 Å². The topological polar surface area (TPSA) is 83.2 Å². The Kier molecular flexibility index (Phi) is 9.42. The molecule has 0 amide bonds. The number of ketones is 1. The van der Waals surface area contributed by atoms with E-state index < -0.39 is 17.8 Å². The zero-order valence-electron chi connectivity index (χ0n) is 7.50. The van der Waals surface area contributed by atoms with Gasteiger partial charge in [-0.05, 0) is 6.42 Å². The van der Waals surface area contributed by atoms with Gasteiger partial charge >= 0.3 is 29.6 Å². The molecule has 0 aromatic rings. The summed E-state index contributed by atoms with van der Waals surface area (Å²) in [6, 6.07) is -1.44. The maximum absolute atomic E-state index is 10.8. The predicted molar refractivity (Wildman–Crippen MR) is 37.5 cm³/mol. The molecule has 1 atom stereocenters. The third-order valence-corrected chi connectivity index (χ3v) is 1.38. The smallest absolute Gasteiger partial charge is 0.548 e. The number of rotatable bonds is 5. The number of nitrogens with two attached hydrogens (primary N) is 1. The molecule has 4 nitrogen and oxygen atoms in total. The van der Waals surface area contributed by atoms with Crippen LogP contribution in [0.5, 0.6) is 0 Å². The average molecular weight is 181 g/mol. The van der Waals surface area contributed by atoms with Crippen LogP contribution in [0.3, 0.4) is 0 Å². The molecule has 5 heteroatoms. The van der Waals surface area contributed by atoms with Crippen molar-refractivity contribution in [3.63, 3.8) is 0 Å². The van der Waals surface area contributed by atoms with E-state index in [2.05, 4.69) is 0 Å². The van der Waals surface area contributed by atoms with Gasteiger partial charge in [-0.25, -0.2) is 0 Å². The summed E-state index contributed by atoms with van der Waals surface area (Å²) in [5, 5.41) is 10.0. The third kappa shape index (κ3) is 5.71. The second kappa shape index (κ2) is 7.73. The van der Waals surface area contributed by atoms with Gasteiger partial charge in [-0.15, -0.1) is 0 Å². The Morgan fingerprint density at radius 1 is 1.50 bits per heavy atom. The zero-order chi connectivity index (χ0) is 8.85. The van der Waals surface area contributed by atoms with E-state index >= 15 is 0 Å². The first-order chi connectivity index (χ1) is 5.09. The second-order valence-corrected chi connectivity index (χ2v) is 2.37. The number of unbranched alkanes of at least 4 members (excludes halogenated alkanes) is 1. The molecule has 0 saturated carbocycles. The number of hydrogen-bond donors (Lipinski definition) is 1. The van der Waals surface area contributed by atoms with Crippen LogP contribution in [-0.4, -0.2) is 17.8 Å². The predicted octanol–water partition coefficient (Wildman–Crippen LogP) is -4.17. The molecule has 0 spiro atoms. The molecule has 0 aliphatic rings. The van der Waals surface area contributed by atoms with Crippen molar-refractivity contribution < 1.29 is 44.3 Å². The zero-order valence-corrected chi connectivity index (χ0v) is 9.50. The molecule has 2 N–H and O–H groups in total. The summed E-state index contributed by atoms with van der Waals surface area (Å²) in [6.45, 7) is 1.91. The molecule has 0 aliphatic heterocycles. The van der Waals surface area contributed by atoms with Gasteiger partial charge in [0.2, 0.25) is 0 Å². The monoisotopic (exact) mass is 181 g/mol. The molecule has 0 aromatic heterocycles. The Balaban J connectivity index is 0. The number of Topliss-reactive ketones (excluding diaryl/α,β-unsaturated/α-hetero) is 1. The standard InChI is InChI=1S/C7H13NO3.Na/c1-2-3-4-5(9)6(8)7(10)11;/h6H,2-4,8H2,1H3,(H,10,11);/q;+1/p-1. The number of carbonyl (C=O) groups excluding carboxylic acids is 2. The van der Waals surface area contributed by atoms with E-state index in [1.54, 1.807) is 0 Å². The van der Waals surface area contributed by atoms with Crippen molar-refractivity contribution in [2.45, 2.75) is 32.2 Å². The van der Waals surface area contributed by atoms with E-state index in [1.807, 2.05) is 6.92 Å². The van der Waals surface area contributed by atoms with E-state index in [0.29, 0.717) is 6.42 Å². The molecule has 0 bridgehead atoms. The van der Waals surface area contributed by atoms with Gasteiger partial charge in [0, 0.05) is 6.42 Å². The summed E-state index contributed by atoms with van der Waals surface area (Å²) in [7, 11) is 0. The van der Waals surface area contributed by atoms with Crippen molar-refractivity contribution in [1.29, 1.82) is 0 Å². The van der Waals surface area contributed by atoms with Crippen LogP contribution in [0.25, 0.3) is 0 Å². The van der Waals surface area contributed by atoms with Crippen LogP contribution in [0.1, 0.15) is 26.2 Å². The van der Waals surface area contributed by atoms with Crippen LogP contribution in [0.2, 0.25) is 0 Å². The summed E-state index contributed by atoms with van der Waals surface area (Å²) in [5.74, 6) is -1.95. The van der Waals surface area contributed by atoms with Gasteiger partial charge < -0.3 is 15.6 Å². The SMILES string of the molecule is CCCCC(=O)C(N)C(=O)[O-].[Na+]. The molecule has 0 fully saturated rings. The summed E-state index contributed by atoms with van der Waals surface area (Å²) >= 11 is 0. The molecule has 0 aromatic carbocycles. The van der Waals surface area contributed by atoms with Gasteiger partial charge in [0.25, 0.3) is 0 Å². The first kappa shape index (κ1) is 14.6. The molecular formula is C7H12NNaO3. The maximum atomic E-state index is 10.8. The molecule has 12 heavy (non-hydrogen) atoms. The van der Waals surface area contributed by atoms with E-state index in [0.717, 1.165) is 6.42 Å². The minimum absolute atomic E-state index is 0. The molecule has 0 rings (SSSR count). The summed E-state index contributed by atoms with van der Waals surface area (Å²) in [6.07, 6.45) is 1.76. The van der Waals surface area contributed by atoms with Crippen molar-refractivity contribution in [2.24, 2.45) is 5.73 Å². The van der Waals surface area contributed by atoms with Crippen molar-refractivity contribution in [3.05, 3.63) is 0 Å². The fraction of sp³-hybridized carbons (Fsp3) is 0.714. The van der Waals surface area contributed by atoms with Gasteiger partial charge in [-0.1, -0.05) is 13.3 Å². The van der Waals surface area contributed by atoms with Crippen LogP contribution >= 0.6 is 0 Å². The van der Waals surface area contributed by atoms with Crippen molar-refractivity contribution in [3.8, 4) is 0 Å². The maximum Gasteiger partial charge on any atom is 1.00 e. The minimum Gasteiger partial charge on any atom is -0.548 e. The first-order valence-electron chi connectivity index (χ1n) is 3.58. The Hall–Kier alpha value is 0.100. The van der Waals surface area contributed by atoms with Gasteiger partial charge in [-0.3, -0.25) is 4.79 Å². The van der Waals surface area contributed by atoms with Crippen LogP contribution in [0.4, 0.5) is 0 Å². The van der Waals surface area contributed by atoms with Gasteiger partial charge in [-0.2, -0.15) is 0 Å². The number of aliphatic carboxylic acids is 1. The molecule has 0 radical (unpaired) electrons. The number of carbonyl (C=O) groups is 2. The molecule has 0 aliphatic carbocycles. The number of carboxylic acids is 1. The third-order valence-electron chi connectivity index (χ3n) is 1.38. The molecule has 1 unspecified atom stereocenters. The van der Waals surface area contributed by atoms with Crippen LogP contribution < -0.4 is 40.4 Å². The largest absolute Gasteiger partial charge is 1.00 e. The van der Waals surface area contributed by atoms with E-state index in [4.69, 9.17) is 5.73 Å². The van der Waals surface area contributed by atoms with Crippen molar-refractivity contribution in [2.75, 3.05) is 0 Å². The Bertz CT molecular complexity index is 161. The summed E-state index contributed by atoms with van der Waals surface area (Å²) < 4.78 is 0. The molecule has 64 valence electrons. The summed E-state index contributed by atoms with van der Waals surface area (Å²) in [5.41, 5.74) is 4.99. The average Bonchev–Trinajstić information content (AvgIpc) is 1.98. The fourth-order valence-electron chi connectivity index (χ4n) is 0.638. The van der Waals surface area contributed by atoms with Crippen LogP contribution in [-0.2, 0) is 9.59 Å². The van der Waals surface area contributed by atoms with E-state index in [1.165, 1.54) is 0 Å². The Morgan fingerprint density at radius 3 is 2.33 bits per heavy atom. The second-order valence-electron chi connectivity index (χ2n) is 2.37. The molecular weight excluding hydrogens is 169 g/mol. The number of carboxylic acid groups (broad SMARTS) is 1. The molecule has 0 heterocycles. The minimum atomic E-state index is -1.49. The van der Waals surface area contributed by atoms with E-state index in [9.17, 15) is 14.7 Å².